The molecule has 0 atom stereocenters. The third-order valence-electron chi connectivity index (χ3n) is 4.44. The number of carboxylic acids is 1. The molecule has 0 spiro atoms. The van der Waals surface area contributed by atoms with E-state index in [2.05, 4.69) is 6.07 Å². The number of carbonyl (C=O) groups is 1. The average molecular weight is 388 g/mol. The van der Waals surface area contributed by atoms with Crippen LogP contribution >= 0.6 is 0 Å². The lowest BCUT2D eigenvalue weighted by molar-refractivity contribution is -0.130. The van der Waals surface area contributed by atoms with Crippen molar-refractivity contribution < 1.29 is 19.4 Å². The van der Waals surface area contributed by atoms with Crippen molar-refractivity contribution in [2.75, 3.05) is 13.2 Å². The summed E-state index contributed by atoms with van der Waals surface area (Å²) < 4.78 is 11.6. The summed E-state index contributed by atoms with van der Waals surface area (Å²) in [4.78, 5) is 11.7. The number of carboxylic acid groups (broad SMARTS) is 1. The van der Waals surface area contributed by atoms with Gasteiger partial charge in [-0.3, -0.25) is 0 Å². The van der Waals surface area contributed by atoms with Crippen LogP contribution < -0.4 is 9.47 Å². The van der Waals surface area contributed by atoms with E-state index >= 15 is 0 Å². The fraction of sp³-hybridized carbons (Fsp3) is 0.160. The van der Waals surface area contributed by atoms with Crippen molar-refractivity contribution in [1.29, 1.82) is 0 Å². The van der Waals surface area contributed by atoms with Crippen molar-refractivity contribution in [3.05, 3.63) is 95.1 Å². The Morgan fingerprint density at radius 3 is 2.41 bits per heavy atom. The van der Waals surface area contributed by atoms with E-state index in [4.69, 9.17) is 9.47 Å². The van der Waals surface area contributed by atoms with E-state index < -0.39 is 5.97 Å². The molecule has 0 unspecified atom stereocenters. The molecule has 0 fully saturated rings. The van der Waals surface area contributed by atoms with Gasteiger partial charge in [-0.05, 0) is 60.4 Å². The third-order valence-corrected chi connectivity index (χ3v) is 4.44. The first kappa shape index (κ1) is 20.2. The normalized spacial score (nSPS) is 11.2. The van der Waals surface area contributed by atoms with E-state index in [9.17, 15) is 9.90 Å². The number of hydrogen-bond acceptors (Lipinski definition) is 3. The molecule has 3 rings (SSSR count). The van der Waals surface area contributed by atoms with E-state index in [1.807, 2.05) is 68.4 Å². The minimum absolute atomic E-state index is 0.237. The summed E-state index contributed by atoms with van der Waals surface area (Å²) in [6.45, 7) is 4.86. The second-order valence-corrected chi connectivity index (χ2v) is 6.77. The van der Waals surface area contributed by atoms with Crippen LogP contribution in [-0.4, -0.2) is 24.3 Å². The summed E-state index contributed by atoms with van der Waals surface area (Å²) in [5, 5.41) is 9.56. The van der Waals surface area contributed by atoms with E-state index in [1.54, 1.807) is 18.2 Å². The molecule has 0 bridgehead atoms. The smallest absolute Gasteiger partial charge is 0.336 e. The first-order valence-corrected chi connectivity index (χ1v) is 9.46. The summed E-state index contributed by atoms with van der Waals surface area (Å²) in [6.07, 6.45) is 1.65. The largest absolute Gasteiger partial charge is 0.490 e. The Kier molecular flexibility index (Phi) is 6.69. The van der Waals surface area contributed by atoms with Gasteiger partial charge in [-0.2, -0.15) is 0 Å². The quantitative estimate of drug-likeness (QED) is 0.319. The van der Waals surface area contributed by atoms with Crippen molar-refractivity contribution in [1.82, 2.24) is 0 Å². The highest BCUT2D eigenvalue weighted by atomic mass is 16.5. The van der Waals surface area contributed by atoms with E-state index in [1.165, 1.54) is 0 Å². The molecular weight excluding hydrogens is 364 g/mol. The van der Waals surface area contributed by atoms with Crippen molar-refractivity contribution in [2.24, 2.45) is 0 Å². The van der Waals surface area contributed by atoms with Crippen molar-refractivity contribution in [3.63, 3.8) is 0 Å². The molecule has 0 radical (unpaired) electrons. The highest BCUT2D eigenvalue weighted by Gasteiger charge is 2.10. The summed E-state index contributed by atoms with van der Waals surface area (Å²) in [6, 6.07) is 22.5. The van der Waals surface area contributed by atoms with Crippen LogP contribution in [0.2, 0.25) is 0 Å². The molecule has 0 saturated carbocycles. The molecule has 4 heteroatoms. The standard InChI is InChI=1S/C25H24O4/c1-18-11-12-19(2)24(15-18)29-14-13-28-22-10-6-7-20(16-22)17-23(25(26)27)21-8-4-3-5-9-21/h3-12,15-17H,13-14H2,1-2H3,(H,26,27)/b23-17+. The minimum Gasteiger partial charge on any atom is -0.490 e. The zero-order valence-corrected chi connectivity index (χ0v) is 16.6. The van der Waals surface area contributed by atoms with Crippen LogP contribution in [0.15, 0.2) is 72.8 Å². The monoisotopic (exact) mass is 388 g/mol. The maximum absolute atomic E-state index is 11.7. The van der Waals surface area contributed by atoms with Crippen LogP contribution in [0.3, 0.4) is 0 Å². The van der Waals surface area contributed by atoms with Gasteiger partial charge in [0, 0.05) is 0 Å². The Balaban J connectivity index is 1.65. The van der Waals surface area contributed by atoms with Crippen molar-refractivity contribution >= 4 is 17.6 Å². The Morgan fingerprint density at radius 2 is 1.66 bits per heavy atom. The topological polar surface area (TPSA) is 55.8 Å². The molecule has 3 aromatic carbocycles. The maximum atomic E-state index is 11.7. The SMILES string of the molecule is Cc1ccc(C)c(OCCOc2cccc(/C=C(/C(=O)O)c3ccccc3)c2)c1. The van der Waals surface area contributed by atoms with Gasteiger partial charge in [0.25, 0.3) is 0 Å². The van der Waals surface area contributed by atoms with Gasteiger partial charge in [0.1, 0.15) is 24.7 Å². The van der Waals surface area contributed by atoms with Gasteiger partial charge < -0.3 is 14.6 Å². The number of ether oxygens (including phenoxy) is 2. The van der Waals surface area contributed by atoms with Crippen LogP contribution in [0.4, 0.5) is 0 Å². The van der Waals surface area contributed by atoms with Gasteiger partial charge >= 0.3 is 5.97 Å². The highest BCUT2D eigenvalue weighted by Crippen LogP contribution is 2.22. The lowest BCUT2D eigenvalue weighted by Crippen LogP contribution is -2.09. The molecule has 3 aromatic rings. The molecule has 0 saturated heterocycles. The number of aryl methyl sites for hydroxylation is 2. The zero-order valence-electron chi connectivity index (χ0n) is 16.6. The number of hydrogen-bond donors (Lipinski definition) is 1. The highest BCUT2D eigenvalue weighted by molar-refractivity contribution is 6.20. The van der Waals surface area contributed by atoms with Crippen LogP contribution in [0.5, 0.6) is 11.5 Å². The first-order valence-electron chi connectivity index (χ1n) is 9.46. The molecule has 0 heterocycles. The molecule has 148 valence electrons. The second-order valence-electron chi connectivity index (χ2n) is 6.77. The molecule has 4 nitrogen and oxygen atoms in total. The number of aliphatic carboxylic acids is 1. The van der Waals surface area contributed by atoms with Gasteiger partial charge in [0.2, 0.25) is 0 Å². The Morgan fingerprint density at radius 1 is 0.897 bits per heavy atom. The number of benzene rings is 3. The minimum atomic E-state index is -0.968. The second kappa shape index (κ2) is 9.60. The molecule has 0 aromatic heterocycles. The summed E-state index contributed by atoms with van der Waals surface area (Å²) >= 11 is 0. The lowest BCUT2D eigenvalue weighted by atomic mass is 10.0. The van der Waals surface area contributed by atoms with Crippen LogP contribution in [0.1, 0.15) is 22.3 Å². The molecule has 0 aliphatic heterocycles. The van der Waals surface area contributed by atoms with Gasteiger partial charge in [0.15, 0.2) is 0 Å². The fourth-order valence-electron chi connectivity index (χ4n) is 2.92. The van der Waals surface area contributed by atoms with Gasteiger partial charge in [-0.1, -0.05) is 54.6 Å². The maximum Gasteiger partial charge on any atom is 0.336 e. The molecule has 0 aliphatic rings. The summed E-state index contributed by atoms with van der Waals surface area (Å²) in [5.41, 5.74) is 3.90. The average Bonchev–Trinajstić information content (AvgIpc) is 2.72. The molecule has 1 N–H and O–H groups in total. The van der Waals surface area contributed by atoms with E-state index in [0.29, 0.717) is 24.5 Å². The van der Waals surface area contributed by atoms with Gasteiger partial charge in [-0.25, -0.2) is 4.79 Å². The summed E-state index contributed by atoms with van der Waals surface area (Å²) in [5.74, 6) is 0.560. The van der Waals surface area contributed by atoms with E-state index in [0.717, 1.165) is 22.4 Å². The molecule has 0 aliphatic carbocycles. The van der Waals surface area contributed by atoms with Gasteiger partial charge in [0.05, 0.1) is 5.57 Å². The van der Waals surface area contributed by atoms with Crippen molar-refractivity contribution in [3.8, 4) is 11.5 Å². The van der Waals surface area contributed by atoms with Crippen molar-refractivity contribution in [2.45, 2.75) is 13.8 Å². The first-order chi connectivity index (χ1) is 14.0. The van der Waals surface area contributed by atoms with Crippen LogP contribution in [0.25, 0.3) is 11.6 Å². The Labute approximate surface area is 171 Å². The Bertz CT molecular complexity index is 1010. The zero-order chi connectivity index (χ0) is 20.6. The predicted molar refractivity (Wildman–Crippen MR) is 115 cm³/mol. The van der Waals surface area contributed by atoms with Gasteiger partial charge in [-0.15, -0.1) is 0 Å². The van der Waals surface area contributed by atoms with Crippen LogP contribution in [-0.2, 0) is 4.79 Å². The number of rotatable bonds is 8. The molecular formula is C25H24O4. The molecule has 29 heavy (non-hydrogen) atoms. The lowest BCUT2D eigenvalue weighted by Gasteiger charge is -2.11. The Hall–Kier alpha value is -3.53. The fourth-order valence-corrected chi connectivity index (χ4v) is 2.92. The predicted octanol–water partition coefficient (Wildman–Crippen LogP) is 5.39. The van der Waals surface area contributed by atoms with Crippen LogP contribution in [0, 0.1) is 13.8 Å². The summed E-state index contributed by atoms with van der Waals surface area (Å²) in [7, 11) is 0. The third kappa shape index (κ3) is 5.72. The molecule has 0 amide bonds. The van der Waals surface area contributed by atoms with E-state index in [-0.39, 0.29) is 5.57 Å².